The highest BCUT2D eigenvalue weighted by molar-refractivity contribution is 5.81. The Morgan fingerprint density at radius 3 is 2.31 bits per heavy atom. The van der Waals surface area contributed by atoms with Crippen molar-refractivity contribution in [2.75, 3.05) is 6.54 Å². The molecule has 0 bridgehead atoms. The molecular formula is C12H23N3O. The van der Waals surface area contributed by atoms with Crippen LogP contribution >= 0.6 is 0 Å². The largest absolute Gasteiger partial charge is 0.286 e. The van der Waals surface area contributed by atoms with Crippen LogP contribution < -0.4 is 5.32 Å². The lowest BCUT2D eigenvalue weighted by atomic mass is 9.92. The van der Waals surface area contributed by atoms with Crippen LogP contribution in [0.2, 0.25) is 0 Å². The normalized spacial score (nSPS) is 23.5. The second kappa shape index (κ2) is 4.17. The van der Waals surface area contributed by atoms with E-state index in [2.05, 4.69) is 52.0 Å². The average Bonchev–Trinajstić information content (AvgIpc) is 2.41. The molecule has 1 fully saturated rings. The average molecular weight is 225 g/mol. The Bertz CT molecular complexity index is 296. The zero-order valence-electron chi connectivity index (χ0n) is 11.2. The first-order valence-electron chi connectivity index (χ1n) is 5.72. The highest BCUT2D eigenvalue weighted by Gasteiger charge is 2.38. The number of hydrogen-bond donors (Lipinski definition) is 1. The topological polar surface area (TPSA) is 44.7 Å². The number of amides is 1. The fourth-order valence-electron chi connectivity index (χ4n) is 1.53. The van der Waals surface area contributed by atoms with Crippen molar-refractivity contribution in [2.24, 2.45) is 15.9 Å². The quantitative estimate of drug-likeness (QED) is 0.692. The van der Waals surface area contributed by atoms with E-state index in [1.165, 1.54) is 0 Å². The van der Waals surface area contributed by atoms with Crippen molar-refractivity contribution >= 4 is 12.1 Å². The van der Waals surface area contributed by atoms with Crippen molar-refractivity contribution < 1.29 is 4.79 Å². The number of nitrogens with one attached hydrogen (secondary N) is 1. The van der Waals surface area contributed by atoms with E-state index in [0.717, 1.165) is 0 Å². The Kier molecular flexibility index (Phi) is 3.43. The summed E-state index contributed by atoms with van der Waals surface area (Å²) in [5.41, 5.74) is -0.0211. The summed E-state index contributed by atoms with van der Waals surface area (Å²) in [6.45, 7) is 12.9. The van der Waals surface area contributed by atoms with E-state index in [1.54, 1.807) is 5.01 Å². The summed E-state index contributed by atoms with van der Waals surface area (Å²) in [4.78, 5) is 11.7. The first-order valence-corrected chi connectivity index (χ1v) is 5.72. The molecule has 1 heterocycles. The van der Waals surface area contributed by atoms with Crippen LogP contribution in [0.25, 0.3) is 0 Å². The van der Waals surface area contributed by atoms with E-state index < -0.39 is 0 Å². The fraction of sp³-hybridized carbons (Fsp3) is 0.833. The van der Waals surface area contributed by atoms with E-state index >= 15 is 0 Å². The molecule has 1 N–H and O–H groups in total. The molecule has 0 spiro atoms. The third kappa shape index (κ3) is 3.30. The van der Waals surface area contributed by atoms with Gasteiger partial charge in [0.25, 0.3) is 5.91 Å². The third-order valence-electron chi connectivity index (χ3n) is 2.34. The third-order valence-corrected chi connectivity index (χ3v) is 2.34. The molecule has 4 nitrogen and oxygen atoms in total. The van der Waals surface area contributed by atoms with Crippen molar-refractivity contribution in [1.82, 2.24) is 10.3 Å². The van der Waals surface area contributed by atoms with E-state index in [0.29, 0.717) is 6.54 Å². The summed E-state index contributed by atoms with van der Waals surface area (Å²) >= 11 is 0. The summed E-state index contributed by atoms with van der Waals surface area (Å²) < 4.78 is 0. The molecule has 0 aliphatic carbocycles. The molecule has 4 heteroatoms. The molecular weight excluding hydrogens is 202 g/mol. The standard InChI is InChI=1S/C12H23N3O/c1-11(2,3)8-14-15-9(16)7-13-10(15)12(4,5)6/h8,10,13H,7H2,1-6H3/b14-8+. The van der Waals surface area contributed by atoms with Gasteiger partial charge in [0, 0.05) is 6.21 Å². The van der Waals surface area contributed by atoms with Crippen LogP contribution in [0.4, 0.5) is 0 Å². The molecule has 1 amide bonds. The molecule has 0 aromatic rings. The summed E-state index contributed by atoms with van der Waals surface area (Å²) in [5, 5.41) is 9.09. The maximum atomic E-state index is 11.7. The number of carbonyl (C=O) groups excluding carboxylic acids is 1. The van der Waals surface area contributed by atoms with E-state index in [4.69, 9.17) is 0 Å². The smallest absolute Gasteiger partial charge is 0.258 e. The van der Waals surface area contributed by atoms with Crippen molar-refractivity contribution in [2.45, 2.75) is 47.7 Å². The molecule has 0 aromatic carbocycles. The molecule has 1 unspecified atom stereocenters. The van der Waals surface area contributed by atoms with Gasteiger partial charge in [0.05, 0.1) is 6.54 Å². The van der Waals surface area contributed by atoms with Gasteiger partial charge in [0.15, 0.2) is 0 Å². The van der Waals surface area contributed by atoms with Crippen LogP contribution in [-0.2, 0) is 4.79 Å². The predicted octanol–water partition coefficient (Wildman–Crippen LogP) is 1.82. The summed E-state index contributed by atoms with van der Waals surface area (Å²) in [6, 6.07) is 0. The number of nitrogens with zero attached hydrogens (tertiary/aromatic N) is 2. The van der Waals surface area contributed by atoms with Gasteiger partial charge in [0.2, 0.25) is 0 Å². The predicted molar refractivity (Wildman–Crippen MR) is 66.0 cm³/mol. The number of hydrazone groups is 1. The second-order valence-electron chi connectivity index (χ2n) is 6.50. The Morgan fingerprint density at radius 2 is 1.88 bits per heavy atom. The van der Waals surface area contributed by atoms with E-state index in [1.807, 2.05) is 6.21 Å². The molecule has 92 valence electrons. The number of rotatable bonds is 1. The van der Waals surface area contributed by atoms with E-state index in [9.17, 15) is 4.79 Å². The van der Waals surface area contributed by atoms with Gasteiger partial charge in [0.1, 0.15) is 6.17 Å². The summed E-state index contributed by atoms with van der Waals surface area (Å²) in [7, 11) is 0. The van der Waals surface area contributed by atoms with Gasteiger partial charge >= 0.3 is 0 Å². The van der Waals surface area contributed by atoms with Crippen LogP contribution in [0.5, 0.6) is 0 Å². The molecule has 1 rings (SSSR count). The molecule has 0 saturated carbocycles. The van der Waals surface area contributed by atoms with Gasteiger partial charge in [-0.05, 0) is 10.8 Å². The van der Waals surface area contributed by atoms with Crippen LogP contribution in [0.3, 0.4) is 0 Å². The van der Waals surface area contributed by atoms with Gasteiger partial charge in [-0.15, -0.1) is 0 Å². The van der Waals surface area contributed by atoms with Crippen molar-refractivity contribution in [3.8, 4) is 0 Å². The fourth-order valence-corrected chi connectivity index (χ4v) is 1.53. The van der Waals surface area contributed by atoms with Gasteiger partial charge in [-0.2, -0.15) is 5.10 Å². The van der Waals surface area contributed by atoms with Crippen molar-refractivity contribution in [3.05, 3.63) is 0 Å². The maximum Gasteiger partial charge on any atom is 0.258 e. The summed E-state index contributed by atoms with van der Waals surface area (Å²) in [6.07, 6.45) is 1.81. The molecule has 0 aromatic heterocycles. The molecule has 16 heavy (non-hydrogen) atoms. The Labute approximate surface area is 98.1 Å². The van der Waals surface area contributed by atoms with Gasteiger partial charge in [-0.1, -0.05) is 41.5 Å². The van der Waals surface area contributed by atoms with Crippen molar-refractivity contribution in [3.63, 3.8) is 0 Å². The first kappa shape index (κ1) is 13.2. The minimum Gasteiger partial charge on any atom is -0.286 e. The lowest BCUT2D eigenvalue weighted by Crippen LogP contribution is -2.44. The Hall–Kier alpha value is -0.900. The van der Waals surface area contributed by atoms with Crippen LogP contribution in [-0.4, -0.2) is 29.8 Å². The molecule has 1 saturated heterocycles. The lowest BCUT2D eigenvalue weighted by molar-refractivity contribution is -0.129. The lowest BCUT2D eigenvalue weighted by Gasteiger charge is -2.31. The van der Waals surface area contributed by atoms with E-state index in [-0.39, 0.29) is 22.9 Å². The van der Waals surface area contributed by atoms with Crippen LogP contribution in [0.15, 0.2) is 5.10 Å². The minimum atomic E-state index is -0.0152. The second-order valence-corrected chi connectivity index (χ2v) is 6.50. The number of carbonyl (C=O) groups is 1. The molecule has 1 atom stereocenters. The first-order chi connectivity index (χ1) is 7.11. The molecule has 1 aliphatic rings. The molecule has 1 aliphatic heterocycles. The highest BCUT2D eigenvalue weighted by atomic mass is 16.2. The van der Waals surface area contributed by atoms with Crippen LogP contribution in [0.1, 0.15) is 41.5 Å². The highest BCUT2D eigenvalue weighted by Crippen LogP contribution is 2.26. The van der Waals surface area contributed by atoms with Crippen molar-refractivity contribution in [1.29, 1.82) is 0 Å². The van der Waals surface area contributed by atoms with Gasteiger partial charge < -0.3 is 0 Å². The monoisotopic (exact) mass is 225 g/mol. The maximum absolute atomic E-state index is 11.7. The molecule has 0 radical (unpaired) electrons. The van der Waals surface area contributed by atoms with Crippen LogP contribution in [0, 0.1) is 10.8 Å². The van der Waals surface area contributed by atoms with Gasteiger partial charge in [-0.3, -0.25) is 10.1 Å². The Balaban J connectivity index is 2.83. The minimum absolute atomic E-state index is 0.00863. The zero-order valence-corrected chi connectivity index (χ0v) is 11.2. The SMILES string of the molecule is CC(C)(C)/C=N/N1C(=O)CNC1C(C)(C)C. The number of hydrogen-bond acceptors (Lipinski definition) is 3. The van der Waals surface area contributed by atoms with Gasteiger partial charge in [-0.25, -0.2) is 5.01 Å². The zero-order chi connectivity index (χ0) is 12.6. The Morgan fingerprint density at radius 1 is 1.31 bits per heavy atom. The summed E-state index contributed by atoms with van der Waals surface area (Å²) in [5.74, 6) is 0.0421.